The monoisotopic (exact) mass is 808 g/mol. The van der Waals surface area contributed by atoms with Crippen LogP contribution in [0.4, 0.5) is 0 Å². The number of fused-ring (bicyclic) bond motifs is 12. The molecule has 4 nitrogen and oxygen atoms in total. The van der Waals surface area contributed by atoms with Crippen molar-refractivity contribution < 1.29 is 9.59 Å². The van der Waals surface area contributed by atoms with Gasteiger partial charge in [0, 0.05) is 40.3 Å². The van der Waals surface area contributed by atoms with Crippen LogP contribution in [0.1, 0.15) is 86.1 Å². The summed E-state index contributed by atoms with van der Waals surface area (Å²) >= 11 is 6.91. The normalized spacial score (nSPS) is 25.7. The molecule has 0 spiro atoms. The lowest BCUT2D eigenvalue weighted by molar-refractivity contribution is -0.113. The second-order valence-corrected chi connectivity index (χ2v) is 17.5. The van der Waals surface area contributed by atoms with Gasteiger partial charge in [0.1, 0.15) is 0 Å². The number of aromatic nitrogens is 1. The Labute approximate surface area is 320 Å². The molecule has 0 amide bonds. The number of benzene rings is 5. The summed E-state index contributed by atoms with van der Waals surface area (Å²) < 4.78 is 0.00483. The SMILES string of the molecule is O=C(Br)CC1(CCC2(CC(=O)Br)c3ccc4ccccc4c3C3N=C4CCCCC4CC32)c2cc3ccccc3nc2-c2c1ccc1ccccc21. The molecule has 5 unspecified atom stereocenters. The number of para-hydroxylation sites is 1. The van der Waals surface area contributed by atoms with E-state index in [9.17, 15) is 9.59 Å². The minimum Gasteiger partial charge on any atom is -0.287 e. The maximum atomic E-state index is 13.6. The number of pyridine rings is 1. The van der Waals surface area contributed by atoms with E-state index in [-0.39, 0.29) is 21.3 Å². The lowest BCUT2D eigenvalue weighted by Gasteiger charge is -2.44. The van der Waals surface area contributed by atoms with Crippen LogP contribution in [0.2, 0.25) is 0 Å². The summed E-state index contributed by atoms with van der Waals surface area (Å²) in [6.45, 7) is 0. The van der Waals surface area contributed by atoms with Crippen LogP contribution < -0.4 is 0 Å². The molecule has 6 heteroatoms. The topological polar surface area (TPSA) is 59.4 Å². The molecule has 0 bridgehead atoms. The van der Waals surface area contributed by atoms with Crippen LogP contribution in [0.5, 0.6) is 0 Å². The molecule has 1 saturated carbocycles. The Kier molecular flexibility index (Phi) is 7.71. The van der Waals surface area contributed by atoms with Crippen molar-refractivity contribution in [1.29, 1.82) is 0 Å². The van der Waals surface area contributed by atoms with Gasteiger partial charge in [-0.15, -0.1) is 0 Å². The summed E-state index contributed by atoms with van der Waals surface area (Å²) in [5.74, 6) is 0.651. The molecule has 2 heterocycles. The Balaban J connectivity index is 1.21. The Bertz CT molecular complexity index is 2520. The first kappa shape index (κ1) is 32.6. The Morgan fingerprint density at radius 1 is 0.712 bits per heavy atom. The number of halogens is 2. The molecule has 5 aromatic carbocycles. The highest BCUT2D eigenvalue weighted by molar-refractivity contribution is 9.18. The summed E-state index contributed by atoms with van der Waals surface area (Å²) in [6.07, 6.45) is 7.87. The van der Waals surface area contributed by atoms with E-state index in [0.717, 1.165) is 63.3 Å². The van der Waals surface area contributed by atoms with Crippen LogP contribution in [-0.2, 0) is 20.4 Å². The molecular weight excluding hydrogens is 772 g/mol. The van der Waals surface area contributed by atoms with Crippen molar-refractivity contribution in [2.45, 2.75) is 74.7 Å². The lowest BCUT2D eigenvalue weighted by atomic mass is 9.60. The average molecular weight is 811 g/mol. The van der Waals surface area contributed by atoms with E-state index in [2.05, 4.69) is 129 Å². The predicted molar refractivity (Wildman–Crippen MR) is 218 cm³/mol. The maximum Gasteiger partial charge on any atom is 0.199 e. The predicted octanol–water partition coefficient (Wildman–Crippen LogP) is 11.9. The number of nitrogens with zero attached hydrogens (tertiary/aromatic N) is 2. The summed E-state index contributed by atoms with van der Waals surface area (Å²) in [4.78, 5) is 38.2. The fourth-order valence-electron chi connectivity index (χ4n) is 11.1. The summed E-state index contributed by atoms with van der Waals surface area (Å²) in [5.41, 5.74) is 8.18. The number of aliphatic imine (C=N–C) groups is 1. The molecule has 0 radical (unpaired) electrons. The molecule has 0 N–H and O–H groups in total. The van der Waals surface area contributed by atoms with Gasteiger partial charge in [-0.05, 0) is 138 Å². The van der Waals surface area contributed by atoms with Crippen molar-refractivity contribution in [3.05, 3.63) is 125 Å². The molecule has 1 fully saturated rings. The van der Waals surface area contributed by atoms with Crippen LogP contribution in [0.25, 0.3) is 43.7 Å². The van der Waals surface area contributed by atoms with E-state index >= 15 is 0 Å². The van der Waals surface area contributed by atoms with Gasteiger partial charge in [0.25, 0.3) is 0 Å². The molecule has 1 aliphatic heterocycles. The third kappa shape index (κ3) is 4.82. The standard InChI is InChI=1S/C46H38Br2N2O2/c47-39(51)25-45(33-19-17-27-9-1-5-13-31(27)41(33)43-35(45)23-29-11-3-7-15-37(29)49-43)21-22-46(26-40(48)52)34-20-18-28-10-2-6-14-32(28)42(34)44-36(46)24-30-12-4-8-16-38(30)50-44/h1-3,5-7,9-11,13-15,17-20,23,30,36,44H,4,8,12,16,21-22,24-26H2. The van der Waals surface area contributed by atoms with Gasteiger partial charge in [0.05, 0.1) is 17.3 Å². The third-order valence-electron chi connectivity index (χ3n) is 13.3. The van der Waals surface area contributed by atoms with Gasteiger partial charge < -0.3 is 0 Å². The number of carbonyl (C=O) groups excluding carboxylic acids is 2. The molecule has 5 atom stereocenters. The van der Waals surface area contributed by atoms with Crippen LogP contribution in [-0.4, -0.2) is 20.1 Å². The highest BCUT2D eigenvalue weighted by atomic mass is 79.9. The molecule has 0 saturated heterocycles. The van der Waals surface area contributed by atoms with Gasteiger partial charge in [-0.1, -0.05) is 97.4 Å². The van der Waals surface area contributed by atoms with Crippen LogP contribution >= 0.6 is 31.9 Å². The average Bonchev–Trinajstić information content (AvgIpc) is 3.57. The second kappa shape index (κ2) is 12.3. The largest absolute Gasteiger partial charge is 0.287 e. The van der Waals surface area contributed by atoms with Gasteiger partial charge in [0.15, 0.2) is 9.39 Å². The Morgan fingerprint density at radius 3 is 2.19 bits per heavy atom. The van der Waals surface area contributed by atoms with Gasteiger partial charge in [-0.25, -0.2) is 4.98 Å². The van der Waals surface area contributed by atoms with E-state index in [1.165, 1.54) is 46.9 Å². The zero-order valence-electron chi connectivity index (χ0n) is 28.9. The number of hydrogen-bond acceptors (Lipinski definition) is 4. The minimum absolute atomic E-state index is 0.0174. The van der Waals surface area contributed by atoms with Crippen LogP contribution in [0.15, 0.2) is 108 Å². The van der Waals surface area contributed by atoms with E-state index < -0.39 is 10.8 Å². The quantitative estimate of drug-likeness (QED) is 0.151. The molecular formula is C46H38Br2N2O2. The van der Waals surface area contributed by atoms with E-state index in [0.29, 0.717) is 25.2 Å². The van der Waals surface area contributed by atoms with Crippen molar-refractivity contribution in [2.24, 2.45) is 16.8 Å². The number of carbonyl (C=O) groups is 2. The highest BCUT2D eigenvalue weighted by Gasteiger charge is 2.57. The van der Waals surface area contributed by atoms with E-state index in [1.807, 2.05) is 6.07 Å². The number of rotatable bonds is 7. The van der Waals surface area contributed by atoms with Crippen molar-refractivity contribution in [3.8, 4) is 11.3 Å². The molecule has 4 aliphatic rings. The fourth-order valence-corrected chi connectivity index (χ4v) is 12.1. The molecule has 1 aromatic heterocycles. The molecule has 258 valence electrons. The molecule has 52 heavy (non-hydrogen) atoms. The lowest BCUT2D eigenvalue weighted by Crippen LogP contribution is -2.41. The van der Waals surface area contributed by atoms with Gasteiger partial charge in [-0.2, -0.15) is 0 Å². The van der Waals surface area contributed by atoms with Crippen molar-refractivity contribution in [3.63, 3.8) is 0 Å². The van der Waals surface area contributed by atoms with E-state index in [4.69, 9.17) is 9.98 Å². The minimum atomic E-state index is -0.641. The van der Waals surface area contributed by atoms with Gasteiger partial charge in [-0.3, -0.25) is 14.6 Å². The van der Waals surface area contributed by atoms with Crippen molar-refractivity contribution in [1.82, 2.24) is 4.98 Å². The smallest absolute Gasteiger partial charge is 0.199 e. The fraction of sp³-hybridized carbons (Fsp3) is 0.304. The summed E-state index contributed by atoms with van der Waals surface area (Å²) in [6, 6.07) is 36.9. The highest BCUT2D eigenvalue weighted by Crippen LogP contribution is 2.64. The Morgan fingerprint density at radius 2 is 1.40 bits per heavy atom. The first-order chi connectivity index (χ1) is 25.4. The third-order valence-corrected chi connectivity index (χ3v) is 13.8. The first-order valence-electron chi connectivity index (χ1n) is 18.7. The van der Waals surface area contributed by atoms with Gasteiger partial charge >= 0.3 is 0 Å². The molecule has 10 rings (SSSR count). The van der Waals surface area contributed by atoms with Gasteiger partial charge in [0.2, 0.25) is 0 Å². The Hall–Kier alpha value is -4.00. The summed E-state index contributed by atoms with van der Waals surface area (Å²) in [7, 11) is 0. The number of hydrogen-bond donors (Lipinski definition) is 0. The summed E-state index contributed by atoms with van der Waals surface area (Å²) in [5, 5.41) is 5.85. The van der Waals surface area contributed by atoms with Crippen LogP contribution in [0.3, 0.4) is 0 Å². The molecule has 3 aliphatic carbocycles. The van der Waals surface area contributed by atoms with Crippen LogP contribution in [0, 0.1) is 11.8 Å². The molecule has 6 aromatic rings. The van der Waals surface area contributed by atoms with Crippen molar-refractivity contribution >= 4 is 79.4 Å². The first-order valence-corrected chi connectivity index (χ1v) is 20.3. The zero-order chi connectivity index (χ0) is 35.2. The second-order valence-electron chi connectivity index (χ2n) is 15.7. The maximum absolute atomic E-state index is 13.6. The van der Waals surface area contributed by atoms with E-state index in [1.54, 1.807) is 0 Å². The van der Waals surface area contributed by atoms with Crippen molar-refractivity contribution in [2.75, 3.05) is 0 Å². The zero-order valence-corrected chi connectivity index (χ0v) is 32.0.